The number of morpholine rings is 1. The first kappa shape index (κ1) is 13.2. The van der Waals surface area contributed by atoms with Crippen molar-refractivity contribution in [1.29, 1.82) is 0 Å². The molecule has 1 aliphatic rings. The van der Waals surface area contributed by atoms with Crippen LogP contribution in [0.5, 0.6) is 0 Å². The van der Waals surface area contributed by atoms with E-state index in [9.17, 15) is 0 Å². The largest absolute Gasteiger partial charge is 0.379 e. The van der Waals surface area contributed by atoms with E-state index in [1.54, 1.807) is 0 Å². The first-order valence-corrected chi connectivity index (χ1v) is 7.02. The molecule has 1 fully saturated rings. The molecule has 0 spiro atoms. The lowest BCUT2D eigenvalue weighted by atomic mass is 10.1. The number of rotatable bonds is 3. The van der Waals surface area contributed by atoms with Crippen LogP contribution in [0.15, 0.2) is 36.4 Å². The minimum absolute atomic E-state index is 0.314. The SMILES string of the molecule is Cc1cc(-c2ccccc2)nc(CC2COCCN2)n1. The van der Waals surface area contributed by atoms with Gasteiger partial charge in [-0.25, -0.2) is 9.97 Å². The third kappa shape index (κ3) is 3.21. The van der Waals surface area contributed by atoms with Crippen LogP contribution in [0.2, 0.25) is 0 Å². The maximum atomic E-state index is 5.48. The van der Waals surface area contributed by atoms with Crippen LogP contribution >= 0.6 is 0 Å². The summed E-state index contributed by atoms with van der Waals surface area (Å²) in [6.45, 7) is 4.45. The first-order chi connectivity index (χ1) is 9.81. The molecule has 1 aromatic heterocycles. The van der Waals surface area contributed by atoms with Crippen molar-refractivity contribution < 1.29 is 4.74 Å². The molecule has 4 heteroatoms. The zero-order valence-corrected chi connectivity index (χ0v) is 11.7. The minimum Gasteiger partial charge on any atom is -0.379 e. The molecule has 1 saturated heterocycles. The highest BCUT2D eigenvalue weighted by Gasteiger charge is 2.15. The van der Waals surface area contributed by atoms with E-state index >= 15 is 0 Å². The highest BCUT2D eigenvalue weighted by Crippen LogP contribution is 2.17. The van der Waals surface area contributed by atoms with Gasteiger partial charge in [0.05, 0.1) is 18.9 Å². The lowest BCUT2D eigenvalue weighted by Crippen LogP contribution is -2.42. The zero-order valence-electron chi connectivity index (χ0n) is 11.7. The molecule has 0 radical (unpaired) electrons. The normalized spacial score (nSPS) is 18.9. The van der Waals surface area contributed by atoms with E-state index in [1.807, 2.05) is 31.2 Å². The van der Waals surface area contributed by atoms with Crippen molar-refractivity contribution >= 4 is 0 Å². The molecule has 104 valence electrons. The van der Waals surface area contributed by atoms with E-state index in [2.05, 4.69) is 22.4 Å². The van der Waals surface area contributed by atoms with Gasteiger partial charge in [-0.1, -0.05) is 30.3 Å². The Labute approximate surface area is 119 Å². The topological polar surface area (TPSA) is 47.0 Å². The zero-order chi connectivity index (χ0) is 13.8. The summed E-state index contributed by atoms with van der Waals surface area (Å²) in [6, 6.07) is 12.6. The number of hydrogen-bond donors (Lipinski definition) is 1. The van der Waals surface area contributed by atoms with Gasteiger partial charge in [0.15, 0.2) is 0 Å². The highest BCUT2D eigenvalue weighted by atomic mass is 16.5. The van der Waals surface area contributed by atoms with Gasteiger partial charge in [0.1, 0.15) is 5.82 Å². The lowest BCUT2D eigenvalue weighted by molar-refractivity contribution is 0.0764. The van der Waals surface area contributed by atoms with Crippen LogP contribution < -0.4 is 5.32 Å². The monoisotopic (exact) mass is 269 g/mol. The standard InChI is InChI=1S/C16H19N3O/c1-12-9-15(13-5-3-2-4-6-13)19-16(18-12)10-14-11-20-8-7-17-14/h2-6,9,14,17H,7-8,10-11H2,1H3. The van der Waals surface area contributed by atoms with Gasteiger partial charge >= 0.3 is 0 Å². The quantitative estimate of drug-likeness (QED) is 0.925. The van der Waals surface area contributed by atoms with E-state index in [-0.39, 0.29) is 0 Å². The fourth-order valence-electron chi connectivity index (χ4n) is 2.45. The van der Waals surface area contributed by atoms with Gasteiger partial charge in [0.25, 0.3) is 0 Å². The van der Waals surface area contributed by atoms with Crippen molar-refractivity contribution in [3.8, 4) is 11.3 Å². The molecule has 0 aliphatic carbocycles. The smallest absolute Gasteiger partial charge is 0.130 e. The molecule has 2 heterocycles. The first-order valence-electron chi connectivity index (χ1n) is 7.02. The van der Waals surface area contributed by atoms with Crippen LogP contribution in [0, 0.1) is 6.92 Å². The Balaban J connectivity index is 1.83. The van der Waals surface area contributed by atoms with E-state index < -0.39 is 0 Å². The second-order valence-corrected chi connectivity index (χ2v) is 5.11. The average Bonchev–Trinajstić information content (AvgIpc) is 2.49. The fraction of sp³-hybridized carbons (Fsp3) is 0.375. The summed E-state index contributed by atoms with van der Waals surface area (Å²) in [7, 11) is 0. The number of benzene rings is 1. The summed E-state index contributed by atoms with van der Waals surface area (Å²) in [6.07, 6.45) is 0.807. The molecule has 3 rings (SSSR count). The fourth-order valence-corrected chi connectivity index (χ4v) is 2.45. The average molecular weight is 269 g/mol. The number of ether oxygens (including phenoxy) is 1. The third-order valence-electron chi connectivity index (χ3n) is 3.40. The minimum atomic E-state index is 0.314. The maximum Gasteiger partial charge on any atom is 0.130 e. The Hall–Kier alpha value is -1.78. The molecule has 1 aliphatic heterocycles. The van der Waals surface area contributed by atoms with Gasteiger partial charge in [0, 0.05) is 30.3 Å². The number of nitrogens with zero attached hydrogens (tertiary/aromatic N) is 2. The molecule has 0 saturated carbocycles. The molecular formula is C16H19N3O. The molecular weight excluding hydrogens is 250 g/mol. The summed E-state index contributed by atoms with van der Waals surface area (Å²) in [5, 5.41) is 3.44. The van der Waals surface area contributed by atoms with Crippen LogP contribution in [-0.2, 0) is 11.2 Å². The Bertz CT molecular complexity index is 565. The number of aryl methyl sites for hydroxylation is 1. The van der Waals surface area contributed by atoms with E-state index in [0.29, 0.717) is 6.04 Å². The predicted molar refractivity (Wildman–Crippen MR) is 78.5 cm³/mol. The van der Waals surface area contributed by atoms with Gasteiger partial charge in [-0.05, 0) is 13.0 Å². The molecule has 1 unspecified atom stereocenters. The summed E-state index contributed by atoms with van der Waals surface area (Å²) in [5.41, 5.74) is 3.13. The van der Waals surface area contributed by atoms with Crippen LogP contribution in [0.3, 0.4) is 0 Å². The van der Waals surface area contributed by atoms with Gasteiger partial charge in [-0.15, -0.1) is 0 Å². The van der Waals surface area contributed by atoms with E-state index in [4.69, 9.17) is 9.72 Å². The number of hydrogen-bond acceptors (Lipinski definition) is 4. The highest BCUT2D eigenvalue weighted by molar-refractivity contribution is 5.59. The summed E-state index contributed by atoms with van der Waals surface area (Å²) >= 11 is 0. The molecule has 1 aromatic carbocycles. The van der Waals surface area contributed by atoms with Gasteiger partial charge in [-0.3, -0.25) is 0 Å². The van der Waals surface area contributed by atoms with Gasteiger partial charge < -0.3 is 10.1 Å². The summed E-state index contributed by atoms with van der Waals surface area (Å²) in [4.78, 5) is 9.24. The molecule has 0 bridgehead atoms. The van der Waals surface area contributed by atoms with Crippen molar-refractivity contribution in [2.75, 3.05) is 19.8 Å². The van der Waals surface area contributed by atoms with Gasteiger partial charge in [0.2, 0.25) is 0 Å². The molecule has 4 nitrogen and oxygen atoms in total. The van der Waals surface area contributed by atoms with Crippen molar-refractivity contribution in [2.24, 2.45) is 0 Å². The van der Waals surface area contributed by atoms with E-state index in [0.717, 1.165) is 49.0 Å². The molecule has 20 heavy (non-hydrogen) atoms. The van der Waals surface area contributed by atoms with Crippen LogP contribution in [0.25, 0.3) is 11.3 Å². The van der Waals surface area contributed by atoms with Crippen LogP contribution in [-0.4, -0.2) is 35.8 Å². The molecule has 1 atom stereocenters. The Kier molecular flexibility index (Phi) is 4.04. The van der Waals surface area contributed by atoms with Gasteiger partial charge in [-0.2, -0.15) is 0 Å². The number of aromatic nitrogens is 2. The van der Waals surface area contributed by atoms with Crippen LogP contribution in [0.1, 0.15) is 11.5 Å². The van der Waals surface area contributed by atoms with Crippen LogP contribution in [0.4, 0.5) is 0 Å². The third-order valence-corrected chi connectivity index (χ3v) is 3.40. The second kappa shape index (κ2) is 6.11. The summed E-state index contributed by atoms with van der Waals surface area (Å²) < 4.78 is 5.48. The Morgan fingerprint density at radius 2 is 2.10 bits per heavy atom. The van der Waals surface area contributed by atoms with Crippen molar-refractivity contribution in [1.82, 2.24) is 15.3 Å². The Morgan fingerprint density at radius 3 is 2.85 bits per heavy atom. The van der Waals surface area contributed by atoms with Crippen molar-refractivity contribution in [3.05, 3.63) is 47.9 Å². The Morgan fingerprint density at radius 1 is 1.25 bits per heavy atom. The number of nitrogens with one attached hydrogen (secondary N) is 1. The van der Waals surface area contributed by atoms with Crippen molar-refractivity contribution in [3.63, 3.8) is 0 Å². The molecule has 0 amide bonds. The predicted octanol–water partition coefficient (Wildman–Crippen LogP) is 1.98. The lowest BCUT2D eigenvalue weighted by Gasteiger charge is -2.23. The summed E-state index contributed by atoms with van der Waals surface area (Å²) in [5.74, 6) is 0.881. The second-order valence-electron chi connectivity index (χ2n) is 5.11. The molecule has 1 N–H and O–H groups in total. The van der Waals surface area contributed by atoms with E-state index in [1.165, 1.54) is 0 Å². The van der Waals surface area contributed by atoms with Crippen molar-refractivity contribution in [2.45, 2.75) is 19.4 Å². The molecule has 2 aromatic rings. The maximum absolute atomic E-state index is 5.48.